The number of nitrogen functional groups attached to an aromatic ring is 1. The molecule has 1 aliphatic heterocycles. The standard InChI is InChI=1S/C21H23Cl2FN6O3S/c1-12(19-15(22)3-4-16(24)20(19)23)33-18-9-13(10-26-21(18)25)17-11-30(28-27-17)14-5-7-29(8-6-14)34(2,31)32/h3-4,9-12,14H,5-8H2,1-2H3,(H2,25,26). The number of benzene rings is 1. The molecule has 1 fully saturated rings. The summed E-state index contributed by atoms with van der Waals surface area (Å²) in [7, 11) is -3.20. The first-order chi connectivity index (χ1) is 16.0. The van der Waals surface area contributed by atoms with Crippen molar-refractivity contribution >= 4 is 39.0 Å². The molecule has 0 radical (unpaired) electrons. The van der Waals surface area contributed by atoms with Crippen LogP contribution in [-0.2, 0) is 10.0 Å². The summed E-state index contributed by atoms with van der Waals surface area (Å²) in [6.07, 6.45) is 5.11. The topological polar surface area (TPSA) is 116 Å². The van der Waals surface area contributed by atoms with Crippen molar-refractivity contribution in [2.75, 3.05) is 25.1 Å². The minimum absolute atomic E-state index is 0.0361. The van der Waals surface area contributed by atoms with Crippen molar-refractivity contribution < 1.29 is 17.5 Å². The molecule has 9 nitrogen and oxygen atoms in total. The third-order valence-electron chi connectivity index (χ3n) is 5.74. The van der Waals surface area contributed by atoms with Crippen LogP contribution in [0.2, 0.25) is 10.0 Å². The summed E-state index contributed by atoms with van der Waals surface area (Å²) in [6.45, 7) is 2.55. The third kappa shape index (κ3) is 5.12. The van der Waals surface area contributed by atoms with Crippen LogP contribution in [0.15, 0.2) is 30.6 Å². The van der Waals surface area contributed by atoms with Crippen molar-refractivity contribution in [3.8, 4) is 17.0 Å². The highest BCUT2D eigenvalue weighted by molar-refractivity contribution is 7.88. The molecule has 2 aromatic heterocycles. The Morgan fingerprint density at radius 1 is 1.26 bits per heavy atom. The van der Waals surface area contributed by atoms with Gasteiger partial charge in [-0.1, -0.05) is 28.4 Å². The summed E-state index contributed by atoms with van der Waals surface area (Å²) in [5.74, 6) is -0.201. The highest BCUT2D eigenvalue weighted by atomic mass is 35.5. The average Bonchev–Trinajstić information content (AvgIpc) is 3.28. The normalized spacial score (nSPS) is 16.5. The molecule has 13 heteroatoms. The number of nitrogens with zero attached hydrogens (tertiary/aromatic N) is 5. The molecule has 4 rings (SSSR count). The summed E-state index contributed by atoms with van der Waals surface area (Å²) in [4.78, 5) is 4.19. The van der Waals surface area contributed by atoms with Crippen LogP contribution in [0.3, 0.4) is 0 Å². The number of pyridine rings is 1. The van der Waals surface area contributed by atoms with Crippen molar-refractivity contribution in [3.05, 3.63) is 52.0 Å². The van der Waals surface area contributed by atoms with Gasteiger partial charge >= 0.3 is 0 Å². The molecule has 1 atom stereocenters. The Morgan fingerprint density at radius 2 is 1.97 bits per heavy atom. The molecular weight excluding hydrogens is 506 g/mol. The molecular formula is C21H23Cl2FN6O3S. The molecule has 2 N–H and O–H groups in total. The lowest BCUT2D eigenvalue weighted by Crippen LogP contribution is -2.38. The van der Waals surface area contributed by atoms with E-state index in [1.54, 1.807) is 30.1 Å². The number of hydrogen-bond acceptors (Lipinski definition) is 7. The number of anilines is 1. The lowest BCUT2D eigenvalue weighted by molar-refractivity contribution is 0.227. The van der Waals surface area contributed by atoms with Crippen molar-refractivity contribution in [1.29, 1.82) is 0 Å². The van der Waals surface area contributed by atoms with Crippen LogP contribution >= 0.6 is 23.2 Å². The van der Waals surface area contributed by atoms with Crippen LogP contribution in [0.1, 0.15) is 37.5 Å². The Morgan fingerprint density at radius 3 is 2.65 bits per heavy atom. The molecule has 1 aromatic carbocycles. The van der Waals surface area contributed by atoms with Gasteiger partial charge in [0, 0.05) is 35.4 Å². The van der Waals surface area contributed by atoms with Crippen LogP contribution in [0, 0.1) is 5.82 Å². The Bertz CT molecular complexity index is 1310. The molecule has 0 spiro atoms. The van der Waals surface area contributed by atoms with Crippen molar-refractivity contribution in [1.82, 2.24) is 24.3 Å². The fourth-order valence-electron chi connectivity index (χ4n) is 3.88. The van der Waals surface area contributed by atoms with Gasteiger partial charge in [0.25, 0.3) is 0 Å². The smallest absolute Gasteiger partial charge is 0.211 e. The first-order valence-corrected chi connectivity index (χ1v) is 13.1. The van der Waals surface area contributed by atoms with E-state index in [0.29, 0.717) is 42.8 Å². The number of aromatic nitrogens is 4. The van der Waals surface area contributed by atoms with E-state index in [-0.39, 0.29) is 27.7 Å². The molecule has 1 aliphatic rings. The zero-order valence-corrected chi connectivity index (χ0v) is 20.8. The van der Waals surface area contributed by atoms with Gasteiger partial charge in [0.05, 0.1) is 23.5 Å². The van der Waals surface area contributed by atoms with Gasteiger partial charge in [-0.15, -0.1) is 5.10 Å². The number of piperidine rings is 1. The maximum atomic E-state index is 13.9. The summed E-state index contributed by atoms with van der Waals surface area (Å²) in [6, 6.07) is 4.30. The second-order valence-corrected chi connectivity index (χ2v) is 10.9. The number of rotatable bonds is 6. The fraction of sp³-hybridized carbons (Fsp3) is 0.381. The largest absolute Gasteiger partial charge is 0.482 e. The van der Waals surface area contributed by atoms with Crippen LogP contribution in [0.5, 0.6) is 5.75 Å². The highest BCUT2D eigenvalue weighted by Gasteiger charge is 2.27. The van der Waals surface area contributed by atoms with E-state index in [4.69, 9.17) is 33.7 Å². The predicted octanol–water partition coefficient (Wildman–Crippen LogP) is 4.10. The maximum Gasteiger partial charge on any atom is 0.211 e. The van der Waals surface area contributed by atoms with Gasteiger partial charge in [-0.05, 0) is 38.0 Å². The molecule has 0 bridgehead atoms. The summed E-state index contributed by atoms with van der Waals surface area (Å²) in [5.41, 5.74) is 7.48. The zero-order chi connectivity index (χ0) is 24.6. The summed E-state index contributed by atoms with van der Waals surface area (Å²) < 4.78 is 46.5. The summed E-state index contributed by atoms with van der Waals surface area (Å²) >= 11 is 12.3. The van der Waals surface area contributed by atoms with E-state index in [9.17, 15) is 12.8 Å². The van der Waals surface area contributed by atoms with E-state index in [2.05, 4.69) is 15.3 Å². The second kappa shape index (κ2) is 9.65. The number of halogens is 3. The van der Waals surface area contributed by atoms with Gasteiger partial charge in [0.1, 0.15) is 17.6 Å². The van der Waals surface area contributed by atoms with Gasteiger partial charge in [-0.25, -0.2) is 26.8 Å². The minimum Gasteiger partial charge on any atom is -0.482 e. The van der Waals surface area contributed by atoms with Crippen molar-refractivity contribution in [2.45, 2.75) is 31.9 Å². The first kappa shape index (κ1) is 24.6. The van der Waals surface area contributed by atoms with Crippen molar-refractivity contribution in [3.63, 3.8) is 0 Å². The predicted molar refractivity (Wildman–Crippen MR) is 128 cm³/mol. The van der Waals surface area contributed by atoms with Crippen LogP contribution in [0.25, 0.3) is 11.3 Å². The molecule has 0 saturated carbocycles. The second-order valence-electron chi connectivity index (χ2n) is 8.10. The molecule has 1 saturated heterocycles. The molecule has 3 heterocycles. The van der Waals surface area contributed by atoms with Crippen molar-refractivity contribution in [2.24, 2.45) is 0 Å². The highest BCUT2D eigenvalue weighted by Crippen LogP contribution is 2.37. The molecule has 0 aliphatic carbocycles. The Hall–Kier alpha value is -2.47. The molecule has 3 aromatic rings. The lowest BCUT2D eigenvalue weighted by Gasteiger charge is -2.29. The van der Waals surface area contributed by atoms with Crippen LogP contribution in [0.4, 0.5) is 10.2 Å². The lowest BCUT2D eigenvalue weighted by atomic mass is 10.1. The van der Waals surface area contributed by atoms with Gasteiger partial charge in [0.2, 0.25) is 10.0 Å². The first-order valence-electron chi connectivity index (χ1n) is 10.5. The molecule has 1 unspecified atom stereocenters. The number of hydrogen-bond donors (Lipinski definition) is 1. The fourth-order valence-corrected chi connectivity index (χ4v) is 5.43. The summed E-state index contributed by atoms with van der Waals surface area (Å²) in [5, 5.41) is 8.60. The van der Waals surface area contributed by atoms with Crippen LogP contribution < -0.4 is 10.5 Å². The maximum absolute atomic E-state index is 13.9. The van der Waals surface area contributed by atoms with E-state index in [1.807, 2.05) is 0 Å². The average molecular weight is 529 g/mol. The molecule has 182 valence electrons. The van der Waals surface area contributed by atoms with E-state index in [1.165, 1.54) is 22.7 Å². The van der Waals surface area contributed by atoms with Gasteiger partial charge < -0.3 is 10.5 Å². The third-order valence-corrected chi connectivity index (χ3v) is 7.76. The quantitative estimate of drug-likeness (QED) is 0.478. The van der Waals surface area contributed by atoms with E-state index in [0.717, 1.165) is 0 Å². The number of sulfonamides is 1. The van der Waals surface area contributed by atoms with Gasteiger partial charge in [0.15, 0.2) is 11.6 Å². The van der Waals surface area contributed by atoms with Crippen LogP contribution in [-0.4, -0.2) is 52.0 Å². The zero-order valence-electron chi connectivity index (χ0n) is 18.5. The van der Waals surface area contributed by atoms with Gasteiger partial charge in [-0.3, -0.25) is 0 Å². The number of nitrogens with two attached hydrogens (primary N) is 1. The Balaban J connectivity index is 1.52. The Labute approximate surface area is 206 Å². The molecule has 34 heavy (non-hydrogen) atoms. The van der Waals surface area contributed by atoms with E-state index >= 15 is 0 Å². The SMILES string of the molecule is CC(Oc1cc(-c2cn(C3CCN(S(C)(=O)=O)CC3)nn2)cnc1N)c1c(Cl)ccc(F)c1Cl. The minimum atomic E-state index is -3.20. The monoisotopic (exact) mass is 528 g/mol. The Kier molecular flexibility index (Phi) is 6.99. The van der Waals surface area contributed by atoms with Gasteiger partial charge in [-0.2, -0.15) is 0 Å². The number of ether oxygens (including phenoxy) is 1. The molecule has 0 amide bonds. The van der Waals surface area contributed by atoms with E-state index < -0.39 is 21.9 Å².